The van der Waals surface area contributed by atoms with Crippen molar-refractivity contribution in [1.82, 2.24) is 4.90 Å². The molecule has 0 radical (unpaired) electrons. The predicted molar refractivity (Wildman–Crippen MR) is 134 cm³/mol. The molecule has 3 aromatic carbocycles. The lowest BCUT2D eigenvalue weighted by Gasteiger charge is -2.26. The lowest BCUT2D eigenvalue weighted by Crippen LogP contribution is -2.31. The van der Waals surface area contributed by atoms with Crippen LogP contribution in [-0.4, -0.2) is 42.0 Å². The number of likely N-dealkylation sites (tertiary alicyclic amines) is 1. The fourth-order valence-corrected chi connectivity index (χ4v) is 4.59. The van der Waals surface area contributed by atoms with Crippen molar-refractivity contribution in [3.63, 3.8) is 0 Å². The van der Waals surface area contributed by atoms with Crippen molar-refractivity contribution in [3.8, 4) is 17.2 Å². The maximum absolute atomic E-state index is 13.2. The molecule has 1 saturated carbocycles. The number of aliphatic hydroxyl groups excluding tert-OH is 1. The van der Waals surface area contributed by atoms with Gasteiger partial charge in [0.05, 0.1) is 25.8 Å². The number of carbonyl (C=O) groups excluding carboxylic acids is 2. The number of aliphatic hydroxyl groups is 1. The van der Waals surface area contributed by atoms with E-state index in [1.807, 2.05) is 42.5 Å². The van der Waals surface area contributed by atoms with Gasteiger partial charge in [0.25, 0.3) is 11.7 Å². The second-order valence-electron chi connectivity index (χ2n) is 8.84. The monoisotopic (exact) mass is 485 g/mol. The Morgan fingerprint density at radius 2 is 1.67 bits per heavy atom. The highest BCUT2D eigenvalue weighted by molar-refractivity contribution is 6.46. The molecule has 0 unspecified atom stereocenters. The minimum absolute atomic E-state index is 0.0341. The molecule has 1 atom stereocenters. The smallest absolute Gasteiger partial charge is 0.295 e. The van der Waals surface area contributed by atoms with Crippen LogP contribution in [0.25, 0.3) is 5.76 Å². The SMILES string of the molecule is COc1cccc(C(O)=C2C(=O)C(=O)N(C3CC3)[C@H]2c2ccc(OC)c(COc3ccccc3)c2)c1. The van der Waals surface area contributed by atoms with Crippen LogP contribution in [0.3, 0.4) is 0 Å². The Morgan fingerprint density at radius 1 is 0.917 bits per heavy atom. The van der Waals surface area contributed by atoms with Gasteiger partial charge >= 0.3 is 0 Å². The highest BCUT2D eigenvalue weighted by Gasteiger charge is 2.51. The average Bonchev–Trinajstić information content (AvgIpc) is 3.73. The zero-order valence-corrected chi connectivity index (χ0v) is 20.1. The molecular weight excluding hydrogens is 458 g/mol. The summed E-state index contributed by atoms with van der Waals surface area (Å²) in [5, 5.41) is 11.3. The van der Waals surface area contributed by atoms with E-state index in [0.29, 0.717) is 28.4 Å². The highest BCUT2D eigenvalue weighted by atomic mass is 16.5. The molecule has 5 rings (SSSR count). The van der Waals surface area contributed by atoms with E-state index >= 15 is 0 Å². The summed E-state index contributed by atoms with van der Waals surface area (Å²) < 4.78 is 16.8. The van der Waals surface area contributed by atoms with Crippen molar-refractivity contribution in [2.45, 2.75) is 31.5 Å². The minimum atomic E-state index is -0.718. The zero-order chi connectivity index (χ0) is 25.2. The molecule has 184 valence electrons. The van der Waals surface area contributed by atoms with Crippen LogP contribution in [0.15, 0.2) is 78.4 Å². The summed E-state index contributed by atoms with van der Waals surface area (Å²) in [7, 11) is 3.11. The average molecular weight is 486 g/mol. The quantitative estimate of drug-likeness (QED) is 0.278. The molecule has 1 aliphatic heterocycles. The number of hydrogen-bond acceptors (Lipinski definition) is 6. The van der Waals surface area contributed by atoms with Crippen LogP contribution >= 0.6 is 0 Å². The highest BCUT2D eigenvalue weighted by Crippen LogP contribution is 2.46. The Labute approximate surface area is 209 Å². The third-order valence-electron chi connectivity index (χ3n) is 6.52. The van der Waals surface area contributed by atoms with Gasteiger partial charge in [-0.1, -0.05) is 36.4 Å². The van der Waals surface area contributed by atoms with E-state index in [4.69, 9.17) is 14.2 Å². The number of Topliss-reactive ketones (excluding diaryl/α,β-unsaturated/α-hetero) is 1. The largest absolute Gasteiger partial charge is 0.507 e. The summed E-state index contributed by atoms with van der Waals surface area (Å²) in [6.45, 7) is 0.236. The van der Waals surface area contributed by atoms with Gasteiger partial charge in [0.15, 0.2) is 0 Å². The van der Waals surface area contributed by atoms with Crippen LogP contribution in [0, 0.1) is 0 Å². The van der Waals surface area contributed by atoms with Crippen molar-refractivity contribution in [2.75, 3.05) is 14.2 Å². The zero-order valence-electron chi connectivity index (χ0n) is 20.1. The van der Waals surface area contributed by atoms with Crippen molar-refractivity contribution in [2.24, 2.45) is 0 Å². The molecule has 36 heavy (non-hydrogen) atoms. The van der Waals surface area contributed by atoms with Gasteiger partial charge in [-0.05, 0) is 54.8 Å². The number of carbonyl (C=O) groups is 2. The maximum atomic E-state index is 13.2. The Morgan fingerprint density at radius 3 is 2.36 bits per heavy atom. The van der Waals surface area contributed by atoms with Crippen molar-refractivity contribution < 1.29 is 28.9 Å². The summed E-state index contributed by atoms with van der Waals surface area (Å²) in [5.41, 5.74) is 1.95. The molecule has 2 fully saturated rings. The molecule has 1 aliphatic carbocycles. The van der Waals surface area contributed by atoms with Crippen molar-refractivity contribution in [1.29, 1.82) is 0 Å². The van der Waals surface area contributed by atoms with E-state index in [-0.39, 0.29) is 24.0 Å². The number of para-hydroxylation sites is 1. The van der Waals surface area contributed by atoms with Gasteiger partial charge in [-0.25, -0.2) is 0 Å². The molecule has 7 heteroatoms. The van der Waals surface area contributed by atoms with Gasteiger partial charge in [0.2, 0.25) is 0 Å². The molecular formula is C29H27NO6. The number of hydrogen-bond donors (Lipinski definition) is 1. The first-order chi connectivity index (χ1) is 17.5. The Bertz CT molecular complexity index is 1330. The first-order valence-corrected chi connectivity index (χ1v) is 11.8. The molecule has 2 aliphatic rings. The van der Waals surface area contributed by atoms with Crippen LogP contribution in [0.2, 0.25) is 0 Å². The van der Waals surface area contributed by atoms with E-state index < -0.39 is 17.7 Å². The molecule has 1 saturated heterocycles. The van der Waals surface area contributed by atoms with Gasteiger partial charge in [-0.3, -0.25) is 9.59 Å². The minimum Gasteiger partial charge on any atom is -0.507 e. The summed E-state index contributed by atoms with van der Waals surface area (Å²) in [5.74, 6) is 0.378. The number of ether oxygens (including phenoxy) is 3. The standard InChI is InChI=1S/C29H27NO6/c1-34-23-10-6-7-19(16-23)27(31)25-26(30(21-12-13-21)29(33)28(25)32)18-11-14-24(35-2)20(15-18)17-36-22-8-4-3-5-9-22/h3-11,14-16,21,26,31H,12-13,17H2,1-2H3/t26-/m0/s1. The Kier molecular flexibility index (Phi) is 6.38. The summed E-state index contributed by atoms with van der Waals surface area (Å²) >= 11 is 0. The maximum Gasteiger partial charge on any atom is 0.295 e. The van der Waals surface area contributed by atoms with E-state index in [2.05, 4.69) is 0 Å². The molecule has 0 spiro atoms. The van der Waals surface area contributed by atoms with Gasteiger partial charge in [-0.15, -0.1) is 0 Å². The second kappa shape index (κ2) is 9.77. The topological polar surface area (TPSA) is 85.3 Å². The molecule has 1 N–H and O–H groups in total. The van der Waals surface area contributed by atoms with Gasteiger partial charge in [-0.2, -0.15) is 0 Å². The number of ketones is 1. The molecule has 0 bridgehead atoms. The van der Waals surface area contributed by atoms with Crippen LogP contribution in [0.4, 0.5) is 0 Å². The Balaban J connectivity index is 1.58. The van der Waals surface area contributed by atoms with Gasteiger partial charge in [0, 0.05) is 17.2 Å². The lowest BCUT2D eigenvalue weighted by atomic mass is 9.94. The van der Waals surface area contributed by atoms with Crippen LogP contribution < -0.4 is 14.2 Å². The second-order valence-corrected chi connectivity index (χ2v) is 8.84. The fourth-order valence-electron chi connectivity index (χ4n) is 4.59. The van der Waals surface area contributed by atoms with Crippen molar-refractivity contribution in [3.05, 3.63) is 95.1 Å². The van der Waals surface area contributed by atoms with E-state index in [1.165, 1.54) is 7.11 Å². The Hall–Kier alpha value is -4.26. The van der Waals surface area contributed by atoms with Gasteiger partial charge in [0.1, 0.15) is 29.6 Å². The number of benzene rings is 3. The molecule has 0 aromatic heterocycles. The number of nitrogens with zero attached hydrogens (tertiary/aromatic N) is 1. The fraction of sp³-hybridized carbons (Fsp3) is 0.241. The number of rotatable bonds is 8. The van der Waals surface area contributed by atoms with Crippen LogP contribution in [0.5, 0.6) is 17.2 Å². The van der Waals surface area contributed by atoms with Gasteiger partial charge < -0.3 is 24.2 Å². The molecule has 1 heterocycles. The summed E-state index contributed by atoms with van der Waals surface area (Å²) in [4.78, 5) is 28.0. The van der Waals surface area contributed by atoms with E-state index in [9.17, 15) is 14.7 Å². The van der Waals surface area contributed by atoms with Crippen molar-refractivity contribution >= 4 is 17.4 Å². The molecule has 3 aromatic rings. The first kappa shape index (κ1) is 23.5. The number of amides is 1. The summed E-state index contributed by atoms with van der Waals surface area (Å²) in [6.07, 6.45) is 1.64. The normalized spacial score (nSPS) is 18.8. The summed E-state index contributed by atoms with van der Waals surface area (Å²) in [6, 6.07) is 21.0. The molecule has 1 amide bonds. The number of methoxy groups -OCH3 is 2. The first-order valence-electron chi connectivity index (χ1n) is 11.8. The lowest BCUT2D eigenvalue weighted by molar-refractivity contribution is -0.140. The van der Waals surface area contributed by atoms with E-state index in [0.717, 1.165) is 18.4 Å². The van der Waals surface area contributed by atoms with E-state index in [1.54, 1.807) is 42.3 Å². The predicted octanol–water partition coefficient (Wildman–Crippen LogP) is 4.87. The third kappa shape index (κ3) is 4.40. The molecule has 7 nitrogen and oxygen atoms in total. The third-order valence-corrected chi connectivity index (χ3v) is 6.52. The van der Waals surface area contributed by atoms with Crippen LogP contribution in [-0.2, 0) is 16.2 Å². The van der Waals surface area contributed by atoms with Crippen LogP contribution in [0.1, 0.15) is 35.6 Å².